The molecule has 1 saturated heterocycles. The van der Waals surface area contributed by atoms with Crippen molar-refractivity contribution in [2.45, 2.75) is 46.6 Å². The summed E-state index contributed by atoms with van der Waals surface area (Å²) >= 11 is 0. The van der Waals surface area contributed by atoms with Crippen molar-refractivity contribution in [3.8, 4) is 0 Å². The highest BCUT2D eigenvalue weighted by molar-refractivity contribution is 5.79. The van der Waals surface area contributed by atoms with Gasteiger partial charge in [-0.25, -0.2) is 4.98 Å². The fraction of sp³-hybridized carbons (Fsp3) is 0.722. The number of hydrogen-bond donors (Lipinski definition) is 0. The first-order chi connectivity index (χ1) is 11.3. The van der Waals surface area contributed by atoms with E-state index in [-0.39, 0.29) is 17.9 Å². The fourth-order valence-electron chi connectivity index (χ4n) is 3.17. The van der Waals surface area contributed by atoms with E-state index in [0.717, 1.165) is 5.82 Å². The molecule has 1 aromatic rings. The van der Waals surface area contributed by atoms with Crippen molar-refractivity contribution in [3.63, 3.8) is 0 Å². The van der Waals surface area contributed by atoms with Gasteiger partial charge in [-0.05, 0) is 11.8 Å². The number of aromatic nitrogens is 2. The van der Waals surface area contributed by atoms with Crippen molar-refractivity contribution >= 4 is 11.8 Å². The van der Waals surface area contributed by atoms with Crippen LogP contribution in [-0.2, 0) is 16.6 Å². The molecule has 0 saturated carbocycles. The van der Waals surface area contributed by atoms with Crippen LogP contribution in [0.4, 0.5) is 0 Å². The number of imidazole rings is 1. The molecule has 0 aromatic carbocycles. The van der Waals surface area contributed by atoms with Crippen LogP contribution in [0, 0.1) is 11.8 Å². The molecule has 134 valence electrons. The minimum absolute atomic E-state index is 0.147. The SMILES string of the molecule is CC(C)CC(=O)N1CCN(C(=O)CC(C)C)C(c2nccn2C)C1. The minimum atomic E-state index is -0.166. The Bertz CT molecular complexity index is 579. The molecule has 6 heteroatoms. The van der Waals surface area contributed by atoms with Crippen LogP contribution >= 0.6 is 0 Å². The number of nitrogens with zero attached hydrogens (tertiary/aromatic N) is 4. The van der Waals surface area contributed by atoms with Gasteiger partial charge in [-0.15, -0.1) is 0 Å². The maximum absolute atomic E-state index is 12.7. The average molecular weight is 334 g/mol. The van der Waals surface area contributed by atoms with Crippen LogP contribution in [-0.4, -0.2) is 50.8 Å². The Kier molecular flexibility index (Phi) is 6.02. The molecule has 1 unspecified atom stereocenters. The number of aryl methyl sites for hydroxylation is 1. The summed E-state index contributed by atoms with van der Waals surface area (Å²) in [5, 5.41) is 0. The third kappa shape index (κ3) is 4.36. The molecule has 2 rings (SSSR count). The molecular formula is C18H30N4O2. The van der Waals surface area contributed by atoms with Crippen molar-refractivity contribution in [1.82, 2.24) is 19.4 Å². The van der Waals surface area contributed by atoms with Gasteiger partial charge in [0, 0.05) is 51.9 Å². The molecule has 2 heterocycles. The summed E-state index contributed by atoms with van der Waals surface area (Å²) in [4.78, 5) is 33.4. The minimum Gasteiger partial charge on any atom is -0.338 e. The van der Waals surface area contributed by atoms with E-state index in [2.05, 4.69) is 32.7 Å². The highest BCUT2D eigenvalue weighted by Gasteiger charge is 2.35. The van der Waals surface area contributed by atoms with E-state index in [9.17, 15) is 9.59 Å². The van der Waals surface area contributed by atoms with Gasteiger partial charge in [0.1, 0.15) is 11.9 Å². The number of piperazine rings is 1. The molecule has 1 aliphatic heterocycles. The molecule has 24 heavy (non-hydrogen) atoms. The average Bonchev–Trinajstić information content (AvgIpc) is 2.91. The second-order valence-corrected chi connectivity index (χ2v) is 7.53. The molecule has 0 bridgehead atoms. The first-order valence-electron chi connectivity index (χ1n) is 8.84. The summed E-state index contributed by atoms with van der Waals surface area (Å²) in [6.07, 6.45) is 4.71. The zero-order valence-corrected chi connectivity index (χ0v) is 15.5. The molecule has 0 N–H and O–H groups in total. The van der Waals surface area contributed by atoms with Crippen molar-refractivity contribution < 1.29 is 9.59 Å². The van der Waals surface area contributed by atoms with E-state index in [0.29, 0.717) is 44.3 Å². The fourth-order valence-corrected chi connectivity index (χ4v) is 3.17. The number of hydrogen-bond acceptors (Lipinski definition) is 3. The van der Waals surface area contributed by atoms with Crippen molar-refractivity contribution in [2.75, 3.05) is 19.6 Å². The van der Waals surface area contributed by atoms with Gasteiger partial charge in [0.15, 0.2) is 0 Å². The molecule has 1 atom stereocenters. The zero-order chi connectivity index (χ0) is 17.9. The van der Waals surface area contributed by atoms with Gasteiger partial charge in [0.05, 0.1) is 0 Å². The van der Waals surface area contributed by atoms with Crippen LogP contribution in [0.25, 0.3) is 0 Å². The molecular weight excluding hydrogens is 304 g/mol. The van der Waals surface area contributed by atoms with Gasteiger partial charge in [-0.1, -0.05) is 27.7 Å². The highest BCUT2D eigenvalue weighted by atomic mass is 16.2. The molecule has 1 aliphatic rings. The van der Waals surface area contributed by atoms with Crippen LogP contribution in [0.1, 0.15) is 52.4 Å². The first kappa shape index (κ1) is 18.5. The Morgan fingerprint density at radius 2 is 1.75 bits per heavy atom. The van der Waals surface area contributed by atoms with Gasteiger partial charge >= 0.3 is 0 Å². The lowest BCUT2D eigenvalue weighted by molar-refractivity contribution is -0.144. The summed E-state index contributed by atoms with van der Waals surface area (Å²) in [6.45, 7) is 9.92. The Morgan fingerprint density at radius 1 is 1.12 bits per heavy atom. The molecule has 1 fully saturated rings. The Morgan fingerprint density at radius 3 is 2.29 bits per heavy atom. The number of carbonyl (C=O) groups excluding carboxylic acids is 2. The van der Waals surface area contributed by atoms with Gasteiger partial charge in [0.2, 0.25) is 11.8 Å². The summed E-state index contributed by atoms with van der Waals surface area (Å²) in [5.41, 5.74) is 0. The third-order valence-electron chi connectivity index (χ3n) is 4.38. The van der Waals surface area contributed by atoms with Gasteiger partial charge in [0.25, 0.3) is 0 Å². The van der Waals surface area contributed by atoms with Crippen molar-refractivity contribution in [2.24, 2.45) is 18.9 Å². The number of rotatable bonds is 5. The number of amides is 2. The number of carbonyl (C=O) groups is 2. The molecule has 1 aromatic heterocycles. The van der Waals surface area contributed by atoms with E-state index < -0.39 is 0 Å². The normalized spacial score (nSPS) is 18.5. The van der Waals surface area contributed by atoms with E-state index in [1.807, 2.05) is 27.6 Å². The third-order valence-corrected chi connectivity index (χ3v) is 4.38. The van der Waals surface area contributed by atoms with Crippen LogP contribution in [0.2, 0.25) is 0 Å². The van der Waals surface area contributed by atoms with Crippen LogP contribution < -0.4 is 0 Å². The lowest BCUT2D eigenvalue weighted by atomic mass is 10.0. The Balaban J connectivity index is 2.20. The lowest BCUT2D eigenvalue weighted by Gasteiger charge is -2.41. The van der Waals surface area contributed by atoms with E-state index in [1.165, 1.54) is 0 Å². The van der Waals surface area contributed by atoms with E-state index in [1.54, 1.807) is 6.20 Å². The topological polar surface area (TPSA) is 58.4 Å². The van der Waals surface area contributed by atoms with Crippen LogP contribution in [0.15, 0.2) is 12.4 Å². The van der Waals surface area contributed by atoms with E-state index >= 15 is 0 Å². The second-order valence-electron chi connectivity index (χ2n) is 7.53. The summed E-state index contributed by atoms with van der Waals surface area (Å²) in [7, 11) is 1.93. The Hall–Kier alpha value is -1.85. The second kappa shape index (κ2) is 7.81. The van der Waals surface area contributed by atoms with Crippen molar-refractivity contribution in [1.29, 1.82) is 0 Å². The summed E-state index contributed by atoms with van der Waals surface area (Å²) < 4.78 is 1.94. The van der Waals surface area contributed by atoms with Gasteiger partial charge in [-0.3, -0.25) is 9.59 Å². The Labute approximate surface area is 144 Å². The lowest BCUT2D eigenvalue weighted by Crippen LogP contribution is -2.53. The predicted octanol–water partition coefficient (Wildman–Crippen LogP) is 2.22. The quantitative estimate of drug-likeness (QED) is 0.829. The largest absolute Gasteiger partial charge is 0.338 e. The summed E-state index contributed by atoms with van der Waals surface area (Å²) in [5.74, 6) is 1.81. The monoisotopic (exact) mass is 334 g/mol. The van der Waals surface area contributed by atoms with Gasteiger partial charge < -0.3 is 14.4 Å². The molecule has 2 amide bonds. The smallest absolute Gasteiger partial charge is 0.223 e. The zero-order valence-electron chi connectivity index (χ0n) is 15.5. The van der Waals surface area contributed by atoms with E-state index in [4.69, 9.17) is 0 Å². The predicted molar refractivity (Wildman–Crippen MR) is 93.2 cm³/mol. The summed E-state index contributed by atoms with van der Waals surface area (Å²) in [6, 6.07) is -0.166. The van der Waals surface area contributed by atoms with Crippen LogP contribution in [0.5, 0.6) is 0 Å². The van der Waals surface area contributed by atoms with Crippen molar-refractivity contribution in [3.05, 3.63) is 18.2 Å². The molecule has 0 spiro atoms. The molecule has 6 nitrogen and oxygen atoms in total. The maximum atomic E-state index is 12.7. The highest BCUT2D eigenvalue weighted by Crippen LogP contribution is 2.26. The maximum Gasteiger partial charge on any atom is 0.223 e. The first-order valence-corrected chi connectivity index (χ1v) is 8.84. The molecule has 0 radical (unpaired) electrons. The standard InChI is InChI=1S/C18H30N4O2/c1-13(2)10-16(23)21-8-9-22(17(24)11-14(3)4)15(12-21)18-19-6-7-20(18)5/h6-7,13-15H,8-12H2,1-5H3. The molecule has 0 aliphatic carbocycles. The van der Waals surface area contributed by atoms with Gasteiger partial charge in [-0.2, -0.15) is 0 Å². The van der Waals surface area contributed by atoms with Crippen LogP contribution in [0.3, 0.4) is 0 Å².